The number of carbonyl (C=O) groups is 1. The van der Waals surface area contributed by atoms with Crippen LogP contribution in [-0.4, -0.2) is 34.2 Å². The Balaban J connectivity index is 1.54. The molecule has 1 aliphatic heterocycles. The zero-order valence-electron chi connectivity index (χ0n) is 15.4. The first-order valence-corrected chi connectivity index (χ1v) is 9.18. The van der Waals surface area contributed by atoms with Gasteiger partial charge >= 0.3 is 12.2 Å². The molecule has 154 valence electrons. The van der Waals surface area contributed by atoms with E-state index in [0.29, 0.717) is 22.3 Å². The number of fused-ring (bicyclic) bond motifs is 1. The molecule has 3 aromatic rings. The van der Waals surface area contributed by atoms with Gasteiger partial charge in [0, 0.05) is 41.8 Å². The number of aromatic amines is 1. The van der Waals surface area contributed by atoms with Crippen molar-refractivity contribution in [1.82, 2.24) is 20.4 Å². The number of carbonyl (C=O) groups excluding carboxylic acids is 1. The SMILES string of the molecule is O=C(NCc1cc2cc(C(F)(F)F)c(OCc3ccon3)cc2[nH]1)N1CCCC1. The Kier molecular flexibility index (Phi) is 5.08. The van der Waals surface area contributed by atoms with Gasteiger partial charge in [-0.1, -0.05) is 5.16 Å². The molecule has 0 unspecified atom stereocenters. The van der Waals surface area contributed by atoms with Gasteiger partial charge in [-0.2, -0.15) is 13.2 Å². The second kappa shape index (κ2) is 7.69. The average Bonchev–Trinajstić information content (AvgIpc) is 3.44. The molecule has 4 rings (SSSR count). The fraction of sp³-hybridized carbons (Fsp3) is 0.368. The van der Waals surface area contributed by atoms with E-state index < -0.39 is 11.7 Å². The van der Waals surface area contributed by atoms with Gasteiger partial charge < -0.3 is 24.5 Å². The van der Waals surface area contributed by atoms with E-state index in [1.807, 2.05) is 0 Å². The highest BCUT2D eigenvalue weighted by atomic mass is 19.4. The molecule has 0 radical (unpaired) electrons. The molecule has 2 N–H and O–H groups in total. The zero-order chi connectivity index (χ0) is 20.4. The molecule has 0 saturated carbocycles. The number of urea groups is 1. The minimum Gasteiger partial charge on any atom is -0.486 e. The number of alkyl halides is 3. The standard InChI is InChI=1S/C19H19F3N4O3/c20-19(21,22)15-8-12-7-14(10-23-18(27)26-4-1-2-5-26)24-16(12)9-17(15)28-11-13-3-6-29-25-13/h3,6-9,24H,1-2,4-5,10-11H2,(H,23,27). The van der Waals surface area contributed by atoms with Gasteiger partial charge in [0.1, 0.15) is 24.3 Å². The van der Waals surface area contributed by atoms with Crippen molar-refractivity contribution in [2.75, 3.05) is 13.1 Å². The van der Waals surface area contributed by atoms with Crippen molar-refractivity contribution in [1.29, 1.82) is 0 Å². The summed E-state index contributed by atoms with van der Waals surface area (Å²) in [7, 11) is 0. The molecule has 1 aliphatic rings. The molecule has 0 bridgehead atoms. The fourth-order valence-corrected chi connectivity index (χ4v) is 3.32. The van der Waals surface area contributed by atoms with E-state index in [0.717, 1.165) is 32.0 Å². The van der Waals surface area contributed by atoms with E-state index >= 15 is 0 Å². The zero-order valence-corrected chi connectivity index (χ0v) is 15.4. The molecule has 0 aliphatic carbocycles. The van der Waals surface area contributed by atoms with Crippen LogP contribution in [0.2, 0.25) is 0 Å². The van der Waals surface area contributed by atoms with Gasteiger partial charge in [0.2, 0.25) is 0 Å². The Labute approximate surface area is 163 Å². The molecule has 1 fully saturated rings. The molecular formula is C19H19F3N4O3. The van der Waals surface area contributed by atoms with Gasteiger partial charge in [0.05, 0.1) is 12.1 Å². The average molecular weight is 408 g/mol. The van der Waals surface area contributed by atoms with Crippen molar-refractivity contribution in [3.8, 4) is 5.75 Å². The van der Waals surface area contributed by atoms with Crippen LogP contribution in [0.1, 0.15) is 29.8 Å². The van der Waals surface area contributed by atoms with Gasteiger partial charge in [-0.3, -0.25) is 0 Å². The number of amides is 2. The molecule has 2 aromatic heterocycles. The predicted molar refractivity (Wildman–Crippen MR) is 97.2 cm³/mol. The minimum absolute atomic E-state index is 0.148. The fourth-order valence-electron chi connectivity index (χ4n) is 3.32. The van der Waals surface area contributed by atoms with Crippen LogP contribution in [0.5, 0.6) is 5.75 Å². The summed E-state index contributed by atoms with van der Waals surface area (Å²) < 4.78 is 50.5. The van der Waals surface area contributed by atoms with Crippen molar-refractivity contribution >= 4 is 16.9 Å². The third kappa shape index (κ3) is 4.30. The van der Waals surface area contributed by atoms with Crippen LogP contribution in [-0.2, 0) is 19.3 Å². The number of nitrogens with one attached hydrogen (secondary N) is 2. The summed E-state index contributed by atoms with van der Waals surface area (Å²) in [6, 6.07) is 5.28. The maximum Gasteiger partial charge on any atom is 0.419 e. The van der Waals surface area contributed by atoms with Crippen LogP contribution in [0.4, 0.5) is 18.0 Å². The number of aromatic nitrogens is 2. The molecule has 2 amide bonds. The van der Waals surface area contributed by atoms with Gasteiger partial charge in [-0.05, 0) is 25.0 Å². The molecule has 1 saturated heterocycles. The van der Waals surface area contributed by atoms with Crippen molar-refractivity contribution < 1.29 is 27.2 Å². The number of rotatable bonds is 5. The van der Waals surface area contributed by atoms with Crippen LogP contribution >= 0.6 is 0 Å². The van der Waals surface area contributed by atoms with Gasteiger partial charge in [0.15, 0.2) is 0 Å². The number of ether oxygens (including phenoxy) is 1. The summed E-state index contributed by atoms with van der Waals surface area (Å²) in [5.74, 6) is -0.303. The molecule has 0 spiro atoms. The summed E-state index contributed by atoms with van der Waals surface area (Å²) in [5.41, 5.74) is 0.600. The lowest BCUT2D eigenvalue weighted by molar-refractivity contribution is -0.138. The predicted octanol–water partition coefficient (Wildman–Crippen LogP) is 4.06. The number of hydrogen-bond donors (Lipinski definition) is 2. The summed E-state index contributed by atoms with van der Waals surface area (Å²) in [5, 5.41) is 6.80. The lowest BCUT2D eigenvalue weighted by Crippen LogP contribution is -2.37. The van der Waals surface area contributed by atoms with E-state index in [4.69, 9.17) is 4.74 Å². The number of halogens is 3. The Bertz CT molecular complexity index is 992. The molecular weight excluding hydrogens is 389 g/mol. The summed E-state index contributed by atoms with van der Waals surface area (Å²) in [6.45, 7) is 1.49. The van der Waals surface area contributed by atoms with E-state index in [2.05, 4.69) is 20.0 Å². The molecule has 1 aromatic carbocycles. The van der Waals surface area contributed by atoms with Gasteiger partial charge in [-0.15, -0.1) is 0 Å². The summed E-state index contributed by atoms with van der Waals surface area (Å²) in [6.07, 6.45) is -1.29. The van der Waals surface area contributed by atoms with E-state index in [9.17, 15) is 18.0 Å². The Morgan fingerprint density at radius 2 is 2.07 bits per heavy atom. The van der Waals surface area contributed by atoms with E-state index in [1.54, 1.807) is 11.0 Å². The first-order valence-electron chi connectivity index (χ1n) is 9.18. The molecule has 10 heteroatoms. The lowest BCUT2D eigenvalue weighted by Gasteiger charge is -2.15. The number of likely N-dealkylation sites (tertiary alicyclic amines) is 1. The second-order valence-corrected chi connectivity index (χ2v) is 6.86. The monoisotopic (exact) mass is 408 g/mol. The number of H-pyrrole nitrogens is 1. The number of benzene rings is 1. The van der Waals surface area contributed by atoms with Crippen molar-refractivity contribution in [3.63, 3.8) is 0 Å². The Hall–Kier alpha value is -3.17. The Morgan fingerprint density at radius 1 is 1.28 bits per heavy atom. The highest BCUT2D eigenvalue weighted by Gasteiger charge is 2.35. The first kappa shape index (κ1) is 19.2. The molecule has 0 atom stereocenters. The van der Waals surface area contributed by atoms with Gasteiger partial charge in [0.25, 0.3) is 0 Å². The number of hydrogen-bond acceptors (Lipinski definition) is 4. The largest absolute Gasteiger partial charge is 0.486 e. The topological polar surface area (TPSA) is 83.4 Å². The van der Waals surface area contributed by atoms with Crippen LogP contribution in [0, 0.1) is 0 Å². The highest BCUT2D eigenvalue weighted by molar-refractivity contribution is 5.83. The lowest BCUT2D eigenvalue weighted by atomic mass is 10.1. The van der Waals surface area contributed by atoms with E-state index in [-0.39, 0.29) is 24.9 Å². The van der Waals surface area contributed by atoms with Crippen LogP contribution in [0.25, 0.3) is 10.9 Å². The maximum absolute atomic E-state index is 13.5. The van der Waals surface area contributed by atoms with Crippen molar-refractivity contribution in [2.24, 2.45) is 0 Å². The van der Waals surface area contributed by atoms with Crippen LogP contribution in [0.15, 0.2) is 35.1 Å². The molecule has 3 heterocycles. The van der Waals surface area contributed by atoms with Crippen molar-refractivity contribution in [3.05, 3.63) is 47.5 Å². The normalized spacial score (nSPS) is 14.5. The van der Waals surface area contributed by atoms with E-state index in [1.165, 1.54) is 18.4 Å². The maximum atomic E-state index is 13.5. The summed E-state index contributed by atoms with van der Waals surface area (Å²) >= 11 is 0. The van der Waals surface area contributed by atoms with Crippen molar-refractivity contribution in [2.45, 2.75) is 32.2 Å². The summed E-state index contributed by atoms with van der Waals surface area (Å²) in [4.78, 5) is 16.9. The second-order valence-electron chi connectivity index (χ2n) is 6.86. The minimum atomic E-state index is -4.57. The number of nitrogens with zero attached hydrogens (tertiary/aromatic N) is 2. The molecule has 7 nitrogen and oxygen atoms in total. The smallest absolute Gasteiger partial charge is 0.419 e. The Morgan fingerprint density at radius 3 is 2.76 bits per heavy atom. The third-order valence-electron chi connectivity index (χ3n) is 4.77. The third-order valence-corrected chi connectivity index (χ3v) is 4.77. The quantitative estimate of drug-likeness (QED) is 0.667. The molecule has 29 heavy (non-hydrogen) atoms. The highest BCUT2D eigenvalue weighted by Crippen LogP contribution is 2.39. The van der Waals surface area contributed by atoms with Crippen LogP contribution in [0.3, 0.4) is 0 Å². The first-order chi connectivity index (χ1) is 13.9. The van der Waals surface area contributed by atoms with Gasteiger partial charge in [-0.25, -0.2) is 4.79 Å². The van der Waals surface area contributed by atoms with Crippen LogP contribution < -0.4 is 10.1 Å².